The van der Waals surface area contributed by atoms with Gasteiger partial charge in [-0.1, -0.05) is 79.2 Å². The molecule has 0 aliphatic heterocycles. The summed E-state index contributed by atoms with van der Waals surface area (Å²) in [6.45, 7) is 9.34. The number of halogens is 1. The van der Waals surface area contributed by atoms with E-state index >= 15 is 0 Å². The van der Waals surface area contributed by atoms with E-state index < -0.39 is 28.5 Å². The number of benzene rings is 3. The van der Waals surface area contributed by atoms with Crippen LogP contribution in [0.3, 0.4) is 0 Å². The van der Waals surface area contributed by atoms with Gasteiger partial charge >= 0.3 is 0 Å². The van der Waals surface area contributed by atoms with Gasteiger partial charge in [0.1, 0.15) is 12.6 Å². The molecule has 9 heteroatoms. The van der Waals surface area contributed by atoms with E-state index in [0.29, 0.717) is 5.69 Å². The highest BCUT2D eigenvalue weighted by Gasteiger charge is 2.32. The van der Waals surface area contributed by atoms with Gasteiger partial charge in [-0.25, -0.2) is 8.42 Å². The van der Waals surface area contributed by atoms with Crippen molar-refractivity contribution in [2.24, 2.45) is 0 Å². The molecule has 0 aliphatic carbocycles. The minimum Gasteiger partial charge on any atom is -0.352 e. The number of rotatable bonds is 12. The Morgan fingerprint density at radius 1 is 0.875 bits per heavy atom. The quantitative estimate of drug-likeness (QED) is 0.263. The average Bonchev–Trinajstić information content (AvgIpc) is 2.95. The van der Waals surface area contributed by atoms with E-state index in [1.165, 1.54) is 17.0 Å². The fraction of sp³-hybridized carbons (Fsp3) is 0.355. The van der Waals surface area contributed by atoms with Crippen LogP contribution in [0.5, 0.6) is 0 Å². The van der Waals surface area contributed by atoms with Gasteiger partial charge in [0.2, 0.25) is 11.8 Å². The highest BCUT2D eigenvalue weighted by Crippen LogP contribution is 2.26. The Labute approximate surface area is 246 Å². The first kappa shape index (κ1) is 31.4. The van der Waals surface area contributed by atoms with E-state index in [2.05, 4.69) is 35.1 Å². The number of anilines is 1. The second-order valence-corrected chi connectivity index (χ2v) is 13.0. The minimum atomic E-state index is -4.08. The standard InChI is InChI=1S/C31H38BrN3O4S/c1-6-23(4)33-31(37)24(5)34(20-25-12-16-27(32)17-13-25)30(36)21-35(28-18-14-26(15-19-28)22(2)3)40(38,39)29-10-8-7-9-11-29/h7-19,22-24H,6,20-21H2,1-5H3,(H,33,37)/t23-,24+/m0/s1. The van der Waals surface area contributed by atoms with Gasteiger partial charge in [-0.05, 0) is 73.7 Å². The van der Waals surface area contributed by atoms with E-state index in [0.717, 1.165) is 26.3 Å². The van der Waals surface area contributed by atoms with Crippen molar-refractivity contribution >= 4 is 43.5 Å². The summed E-state index contributed by atoms with van der Waals surface area (Å²) in [6, 6.07) is 21.8. The highest BCUT2D eigenvalue weighted by atomic mass is 79.9. The lowest BCUT2D eigenvalue weighted by Crippen LogP contribution is -2.52. The Balaban J connectivity index is 2.02. The lowest BCUT2D eigenvalue weighted by atomic mass is 10.0. The number of carbonyl (C=O) groups is 2. The molecule has 40 heavy (non-hydrogen) atoms. The highest BCUT2D eigenvalue weighted by molar-refractivity contribution is 9.10. The SMILES string of the molecule is CC[C@H](C)NC(=O)[C@@H](C)N(Cc1ccc(Br)cc1)C(=O)CN(c1ccc(C(C)C)cc1)S(=O)(=O)c1ccccc1. The molecule has 2 atom stereocenters. The van der Waals surface area contributed by atoms with Crippen molar-refractivity contribution in [3.63, 3.8) is 0 Å². The third-order valence-electron chi connectivity index (χ3n) is 6.89. The zero-order valence-electron chi connectivity index (χ0n) is 23.7. The van der Waals surface area contributed by atoms with E-state index in [4.69, 9.17) is 0 Å². The zero-order chi connectivity index (χ0) is 29.4. The molecular formula is C31H38BrN3O4S. The van der Waals surface area contributed by atoms with Gasteiger partial charge in [0.05, 0.1) is 10.6 Å². The summed E-state index contributed by atoms with van der Waals surface area (Å²) in [5.74, 6) is -0.512. The Kier molecular flexibility index (Phi) is 10.9. The van der Waals surface area contributed by atoms with Crippen LogP contribution >= 0.6 is 15.9 Å². The van der Waals surface area contributed by atoms with Gasteiger partial charge in [0, 0.05) is 17.1 Å². The molecule has 7 nitrogen and oxygen atoms in total. The summed E-state index contributed by atoms with van der Waals surface area (Å²) in [7, 11) is -4.08. The van der Waals surface area contributed by atoms with Crippen molar-refractivity contribution < 1.29 is 18.0 Å². The van der Waals surface area contributed by atoms with E-state index in [1.807, 2.05) is 50.2 Å². The number of carbonyl (C=O) groups excluding carboxylic acids is 2. The van der Waals surface area contributed by atoms with Gasteiger partial charge in [-0.3, -0.25) is 13.9 Å². The topological polar surface area (TPSA) is 86.8 Å². The summed E-state index contributed by atoms with van der Waals surface area (Å²) in [4.78, 5) is 28.6. The molecular weight excluding hydrogens is 590 g/mol. The van der Waals surface area contributed by atoms with Crippen LogP contribution in [0.25, 0.3) is 0 Å². The van der Waals surface area contributed by atoms with Crippen LogP contribution in [0, 0.1) is 0 Å². The van der Waals surface area contributed by atoms with E-state index in [-0.39, 0.29) is 29.3 Å². The number of hydrogen-bond donors (Lipinski definition) is 1. The Hall–Kier alpha value is -3.17. The predicted octanol–water partition coefficient (Wildman–Crippen LogP) is 6.10. The Morgan fingerprint density at radius 3 is 2.02 bits per heavy atom. The van der Waals surface area contributed by atoms with Crippen LogP contribution in [0.2, 0.25) is 0 Å². The Bertz CT molecular complexity index is 1380. The molecule has 214 valence electrons. The molecule has 0 saturated carbocycles. The zero-order valence-corrected chi connectivity index (χ0v) is 26.1. The van der Waals surface area contributed by atoms with E-state index in [9.17, 15) is 18.0 Å². The smallest absolute Gasteiger partial charge is 0.264 e. The first-order valence-corrected chi connectivity index (χ1v) is 15.7. The molecule has 0 unspecified atom stereocenters. The fourth-order valence-corrected chi connectivity index (χ4v) is 5.81. The van der Waals surface area contributed by atoms with Crippen molar-refractivity contribution in [3.05, 3.63) is 94.5 Å². The molecule has 0 fully saturated rings. The summed E-state index contributed by atoms with van der Waals surface area (Å²) < 4.78 is 29.7. The Morgan fingerprint density at radius 2 is 1.48 bits per heavy atom. The first-order valence-electron chi connectivity index (χ1n) is 13.5. The number of sulfonamides is 1. The van der Waals surface area contributed by atoms with Crippen molar-refractivity contribution in [3.8, 4) is 0 Å². The summed E-state index contributed by atoms with van der Waals surface area (Å²) in [6.07, 6.45) is 0.745. The van der Waals surface area contributed by atoms with Gasteiger partial charge in [0.25, 0.3) is 10.0 Å². The molecule has 0 saturated heterocycles. The van der Waals surface area contributed by atoms with Gasteiger partial charge in [-0.15, -0.1) is 0 Å². The second-order valence-electron chi connectivity index (χ2n) is 10.2. The van der Waals surface area contributed by atoms with Crippen molar-refractivity contribution in [1.29, 1.82) is 0 Å². The molecule has 0 aliphatic rings. The number of nitrogens with one attached hydrogen (secondary N) is 1. The molecule has 0 heterocycles. The van der Waals surface area contributed by atoms with Crippen molar-refractivity contribution in [2.75, 3.05) is 10.8 Å². The minimum absolute atomic E-state index is 0.0611. The third kappa shape index (κ3) is 7.95. The molecule has 0 aromatic heterocycles. The maximum Gasteiger partial charge on any atom is 0.264 e. The maximum absolute atomic E-state index is 14.0. The molecule has 0 spiro atoms. The maximum atomic E-state index is 14.0. The summed E-state index contributed by atoms with van der Waals surface area (Å²) in [5, 5.41) is 2.95. The number of amides is 2. The second kappa shape index (κ2) is 13.9. The normalized spacial score (nSPS) is 13.0. The molecule has 3 aromatic carbocycles. The number of hydrogen-bond acceptors (Lipinski definition) is 4. The first-order chi connectivity index (χ1) is 18.9. The average molecular weight is 629 g/mol. The monoisotopic (exact) mass is 627 g/mol. The molecule has 1 N–H and O–H groups in total. The fourth-order valence-electron chi connectivity index (χ4n) is 4.11. The largest absolute Gasteiger partial charge is 0.352 e. The van der Waals surface area contributed by atoms with Gasteiger partial charge < -0.3 is 10.2 Å². The lowest BCUT2D eigenvalue weighted by Gasteiger charge is -2.32. The predicted molar refractivity (Wildman–Crippen MR) is 164 cm³/mol. The van der Waals surface area contributed by atoms with Crippen molar-refractivity contribution in [2.45, 2.75) is 70.5 Å². The van der Waals surface area contributed by atoms with Crippen LogP contribution in [0.1, 0.15) is 58.1 Å². The van der Waals surface area contributed by atoms with Crippen molar-refractivity contribution in [1.82, 2.24) is 10.2 Å². The molecule has 2 amide bonds. The van der Waals surface area contributed by atoms with Crippen LogP contribution in [0.4, 0.5) is 5.69 Å². The van der Waals surface area contributed by atoms with Gasteiger partial charge in [-0.2, -0.15) is 0 Å². The summed E-state index contributed by atoms with van der Waals surface area (Å²) in [5.41, 5.74) is 2.25. The van der Waals surface area contributed by atoms with Crippen LogP contribution in [-0.2, 0) is 26.2 Å². The van der Waals surface area contributed by atoms with E-state index in [1.54, 1.807) is 37.3 Å². The van der Waals surface area contributed by atoms with Crippen LogP contribution < -0.4 is 9.62 Å². The molecule has 0 radical (unpaired) electrons. The van der Waals surface area contributed by atoms with Crippen LogP contribution in [0.15, 0.2) is 88.2 Å². The van der Waals surface area contributed by atoms with Gasteiger partial charge in [0.15, 0.2) is 0 Å². The summed E-state index contributed by atoms with van der Waals surface area (Å²) >= 11 is 3.43. The molecule has 3 aromatic rings. The third-order valence-corrected chi connectivity index (χ3v) is 9.21. The van der Waals surface area contributed by atoms with Crippen LogP contribution in [-0.4, -0.2) is 43.8 Å². The molecule has 0 bridgehead atoms. The lowest BCUT2D eigenvalue weighted by molar-refractivity contribution is -0.139. The number of nitrogens with zero attached hydrogens (tertiary/aromatic N) is 2. The molecule has 3 rings (SSSR count).